The summed E-state index contributed by atoms with van der Waals surface area (Å²) in [7, 11) is -3.73. The summed E-state index contributed by atoms with van der Waals surface area (Å²) in [4.78, 5) is 23.5. The minimum Gasteiger partial charge on any atom is -0.449 e. The maximum absolute atomic E-state index is 12.0. The van der Waals surface area contributed by atoms with Gasteiger partial charge in [-0.05, 0) is 31.2 Å². The van der Waals surface area contributed by atoms with Crippen LogP contribution in [-0.4, -0.2) is 39.5 Å². The molecule has 0 heterocycles. The highest BCUT2D eigenvalue weighted by atomic mass is 32.2. The maximum atomic E-state index is 12.0. The maximum Gasteiger partial charge on any atom is 0.338 e. The van der Waals surface area contributed by atoms with Crippen molar-refractivity contribution in [2.45, 2.75) is 17.9 Å². The summed E-state index contributed by atoms with van der Waals surface area (Å²) in [6.45, 7) is 5.02. The van der Waals surface area contributed by atoms with Gasteiger partial charge in [-0.15, -0.1) is 13.0 Å². The first-order valence-electron chi connectivity index (χ1n) is 6.94. The highest BCUT2D eigenvalue weighted by Crippen LogP contribution is 2.12. The lowest BCUT2D eigenvalue weighted by molar-refractivity contribution is -0.128. The molecule has 0 bridgehead atoms. The Kier molecular flexibility index (Phi) is 7.17. The Morgan fingerprint density at radius 3 is 2.54 bits per heavy atom. The predicted octanol–water partition coefficient (Wildman–Crippen LogP) is 0.446. The molecule has 0 aromatic heterocycles. The minimum absolute atomic E-state index is 0.0360. The number of hydrogen-bond acceptors (Lipinski definition) is 5. The summed E-state index contributed by atoms with van der Waals surface area (Å²) in [5, 5.41) is 2.50. The largest absolute Gasteiger partial charge is 0.449 e. The van der Waals surface area contributed by atoms with Gasteiger partial charge in [0.05, 0.1) is 17.0 Å². The van der Waals surface area contributed by atoms with Crippen molar-refractivity contribution < 1.29 is 22.7 Å². The van der Waals surface area contributed by atoms with Gasteiger partial charge >= 0.3 is 5.97 Å². The van der Waals surface area contributed by atoms with Crippen LogP contribution in [0.25, 0.3) is 0 Å². The van der Waals surface area contributed by atoms with Crippen LogP contribution in [-0.2, 0) is 19.6 Å². The number of amides is 1. The molecule has 1 aromatic carbocycles. The third-order valence-corrected chi connectivity index (χ3v) is 4.26. The summed E-state index contributed by atoms with van der Waals surface area (Å²) in [6, 6.07) is 5.08. The van der Waals surface area contributed by atoms with Crippen molar-refractivity contribution in [2.75, 3.05) is 13.1 Å². The molecule has 1 aromatic rings. The number of rotatable bonds is 8. The molecule has 8 heteroatoms. The highest BCUT2D eigenvalue weighted by Gasteiger charge is 2.19. The second kappa shape index (κ2) is 8.86. The van der Waals surface area contributed by atoms with Gasteiger partial charge in [-0.3, -0.25) is 4.79 Å². The van der Waals surface area contributed by atoms with E-state index in [0.717, 1.165) is 0 Å². The van der Waals surface area contributed by atoms with Gasteiger partial charge in [-0.2, -0.15) is 4.72 Å². The quantitative estimate of drug-likeness (QED) is 0.403. The van der Waals surface area contributed by atoms with Crippen molar-refractivity contribution in [1.82, 2.24) is 10.0 Å². The number of carbonyl (C=O) groups is 2. The molecule has 1 unspecified atom stereocenters. The average molecular weight is 350 g/mol. The number of nitrogens with one attached hydrogen (secondary N) is 2. The topological polar surface area (TPSA) is 102 Å². The number of sulfonamides is 1. The molecule has 1 amide bonds. The number of terminal acetylenes is 1. The fraction of sp³-hybridized carbons (Fsp3) is 0.250. The zero-order chi connectivity index (χ0) is 18.2. The average Bonchev–Trinajstić information content (AvgIpc) is 2.57. The van der Waals surface area contributed by atoms with Crippen molar-refractivity contribution in [2.24, 2.45) is 0 Å². The first-order valence-corrected chi connectivity index (χ1v) is 8.43. The van der Waals surface area contributed by atoms with Crippen molar-refractivity contribution in [3.8, 4) is 12.3 Å². The van der Waals surface area contributed by atoms with Crippen LogP contribution in [0.3, 0.4) is 0 Å². The predicted molar refractivity (Wildman–Crippen MR) is 88.5 cm³/mol. The molecule has 24 heavy (non-hydrogen) atoms. The van der Waals surface area contributed by atoms with Gasteiger partial charge in [0.15, 0.2) is 6.10 Å². The molecule has 0 radical (unpaired) electrons. The first kappa shape index (κ1) is 19.4. The van der Waals surface area contributed by atoms with Crippen molar-refractivity contribution in [1.29, 1.82) is 0 Å². The molecule has 2 N–H and O–H groups in total. The fourth-order valence-corrected chi connectivity index (χ4v) is 2.52. The van der Waals surface area contributed by atoms with Crippen LogP contribution in [0.2, 0.25) is 0 Å². The summed E-state index contributed by atoms with van der Waals surface area (Å²) in [6.07, 6.45) is 5.51. The molecular weight excluding hydrogens is 332 g/mol. The molecular formula is C16H18N2O5S. The summed E-state index contributed by atoms with van der Waals surface area (Å²) >= 11 is 0. The van der Waals surface area contributed by atoms with Crippen LogP contribution in [0, 0.1) is 12.3 Å². The molecule has 0 spiro atoms. The molecule has 1 rings (SSSR count). The molecule has 0 aliphatic heterocycles. The molecule has 0 aliphatic carbocycles. The number of hydrogen-bond donors (Lipinski definition) is 2. The monoisotopic (exact) mass is 350 g/mol. The Morgan fingerprint density at radius 1 is 1.38 bits per heavy atom. The Morgan fingerprint density at radius 2 is 2.00 bits per heavy atom. The first-order chi connectivity index (χ1) is 11.3. The van der Waals surface area contributed by atoms with E-state index in [0.29, 0.717) is 0 Å². The second-order valence-electron chi connectivity index (χ2n) is 4.63. The van der Waals surface area contributed by atoms with Crippen molar-refractivity contribution in [3.05, 3.63) is 42.5 Å². The van der Waals surface area contributed by atoms with Gasteiger partial charge in [-0.25, -0.2) is 13.2 Å². The van der Waals surface area contributed by atoms with Crippen LogP contribution in [0.15, 0.2) is 41.8 Å². The van der Waals surface area contributed by atoms with E-state index in [9.17, 15) is 18.0 Å². The molecule has 0 saturated carbocycles. The van der Waals surface area contributed by atoms with E-state index < -0.39 is 28.0 Å². The Labute approximate surface area is 141 Å². The normalized spacial score (nSPS) is 11.8. The third kappa shape index (κ3) is 5.53. The molecule has 128 valence electrons. The summed E-state index contributed by atoms with van der Waals surface area (Å²) in [5.74, 6) is 0.965. The summed E-state index contributed by atoms with van der Waals surface area (Å²) < 4.78 is 30.9. The minimum atomic E-state index is -3.73. The number of carbonyl (C=O) groups excluding carboxylic acids is 2. The van der Waals surface area contributed by atoms with E-state index in [1.165, 1.54) is 37.3 Å². The van der Waals surface area contributed by atoms with E-state index >= 15 is 0 Å². The number of ether oxygens (including phenoxy) is 1. The SMILES string of the molecule is C#CCNS(=O)(=O)c1ccc(C(=O)OC(C)C(=O)NCC=C)cc1. The van der Waals surface area contributed by atoms with Gasteiger partial charge in [0.2, 0.25) is 10.0 Å². The van der Waals surface area contributed by atoms with Crippen molar-refractivity contribution >= 4 is 21.9 Å². The molecule has 1 atom stereocenters. The van der Waals surface area contributed by atoms with Crippen LogP contribution in [0.4, 0.5) is 0 Å². The van der Waals surface area contributed by atoms with E-state index in [-0.39, 0.29) is 23.5 Å². The van der Waals surface area contributed by atoms with Crippen LogP contribution < -0.4 is 10.0 Å². The van der Waals surface area contributed by atoms with E-state index in [1.807, 2.05) is 0 Å². The van der Waals surface area contributed by atoms with Crippen molar-refractivity contribution in [3.63, 3.8) is 0 Å². The third-order valence-electron chi connectivity index (χ3n) is 2.84. The van der Waals surface area contributed by atoms with E-state index in [2.05, 4.69) is 22.5 Å². The zero-order valence-electron chi connectivity index (χ0n) is 13.1. The molecule has 7 nitrogen and oxygen atoms in total. The van der Waals surface area contributed by atoms with Gasteiger partial charge in [0.25, 0.3) is 5.91 Å². The fourth-order valence-electron chi connectivity index (χ4n) is 1.59. The van der Waals surface area contributed by atoms with Gasteiger partial charge in [0.1, 0.15) is 0 Å². The Hall–Kier alpha value is -2.63. The lowest BCUT2D eigenvalue weighted by atomic mass is 10.2. The van der Waals surface area contributed by atoms with Gasteiger partial charge in [-0.1, -0.05) is 12.0 Å². The molecule has 0 saturated heterocycles. The van der Waals surface area contributed by atoms with Gasteiger partial charge in [0, 0.05) is 6.54 Å². The van der Waals surface area contributed by atoms with E-state index in [4.69, 9.17) is 11.2 Å². The Balaban J connectivity index is 2.75. The van der Waals surface area contributed by atoms with E-state index in [1.54, 1.807) is 0 Å². The Bertz CT molecular complexity index is 748. The second-order valence-corrected chi connectivity index (χ2v) is 6.40. The number of benzene rings is 1. The molecule has 0 fully saturated rings. The smallest absolute Gasteiger partial charge is 0.338 e. The lowest BCUT2D eigenvalue weighted by Crippen LogP contribution is -2.35. The highest BCUT2D eigenvalue weighted by molar-refractivity contribution is 7.89. The summed E-state index contributed by atoms with van der Waals surface area (Å²) in [5.41, 5.74) is 0.120. The van der Waals surface area contributed by atoms with Crippen LogP contribution >= 0.6 is 0 Å². The standard InChI is InChI=1S/C16H18N2O5S/c1-4-10-17-15(19)12(3)23-16(20)13-6-8-14(9-7-13)24(21,22)18-11-5-2/h2,4,6-9,12,18H,1,10-11H2,3H3,(H,17,19). The molecule has 0 aliphatic rings. The van der Waals surface area contributed by atoms with Crippen LogP contribution in [0.1, 0.15) is 17.3 Å². The van der Waals surface area contributed by atoms with Crippen LogP contribution in [0.5, 0.6) is 0 Å². The zero-order valence-corrected chi connectivity index (χ0v) is 13.9. The van der Waals surface area contributed by atoms with Gasteiger partial charge < -0.3 is 10.1 Å². The number of esters is 1. The lowest BCUT2D eigenvalue weighted by Gasteiger charge is -2.13.